The van der Waals surface area contributed by atoms with Crippen LogP contribution in [0, 0.1) is 11.8 Å². The van der Waals surface area contributed by atoms with Crippen molar-refractivity contribution in [2.24, 2.45) is 11.8 Å². The van der Waals surface area contributed by atoms with Gasteiger partial charge in [-0.1, -0.05) is 88.4 Å². The highest BCUT2D eigenvalue weighted by Gasteiger charge is 2.38. The van der Waals surface area contributed by atoms with Crippen LogP contribution in [0.1, 0.15) is 58.1 Å². The Hall–Kier alpha value is -4.12. The summed E-state index contributed by atoms with van der Waals surface area (Å²) in [5.41, 5.74) is 1.93. The molecule has 0 aromatic heterocycles. The lowest BCUT2D eigenvalue weighted by atomic mass is 9.92. The van der Waals surface area contributed by atoms with Gasteiger partial charge in [-0.05, 0) is 55.1 Å². The maximum atomic E-state index is 13.9. The summed E-state index contributed by atoms with van der Waals surface area (Å²) in [5, 5.41) is 23.8. The van der Waals surface area contributed by atoms with Gasteiger partial charge in [0, 0.05) is 32.2 Å². The summed E-state index contributed by atoms with van der Waals surface area (Å²) in [6.07, 6.45) is 1.44. The van der Waals surface area contributed by atoms with Crippen LogP contribution in [-0.2, 0) is 22.4 Å². The fourth-order valence-corrected chi connectivity index (χ4v) is 6.69. The predicted octanol–water partition coefficient (Wildman–Crippen LogP) is 3.07. The van der Waals surface area contributed by atoms with Crippen LogP contribution in [0.5, 0.6) is 0 Å². The summed E-state index contributed by atoms with van der Waals surface area (Å²) in [5.74, 6) is -0.883. The Morgan fingerprint density at radius 1 is 0.723 bits per heavy atom. The van der Waals surface area contributed by atoms with E-state index < -0.39 is 30.3 Å². The molecule has 2 heterocycles. The Balaban J connectivity index is 1.58. The van der Waals surface area contributed by atoms with E-state index >= 15 is 0 Å². The standard InChI is InChI=1S/C36H52N6O5/c1-24(2)31(41-19-11-17-37-35(41)46)33(44)39-28(21-26-13-7-5-8-14-26)23-30(43)29(22-27-15-9-6-10-16-27)40-34(45)32(25(3)4)42-20-12-18-38-36(42)47/h5-10,13-16,24-25,28-32,43H,11-12,17-23H2,1-4H3,(H,37,46)(H,38,47)(H,39,44)(H,40,45)/t28-,29-,30-,31?,32-/m0/s1. The average molecular weight is 649 g/mol. The maximum Gasteiger partial charge on any atom is 0.318 e. The van der Waals surface area contributed by atoms with E-state index in [-0.39, 0.29) is 42.1 Å². The fourth-order valence-electron chi connectivity index (χ4n) is 6.69. The van der Waals surface area contributed by atoms with Gasteiger partial charge in [0.15, 0.2) is 0 Å². The van der Waals surface area contributed by atoms with Crippen LogP contribution in [0.15, 0.2) is 60.7 Å². The number of hydrogen-bond donors (Lipinski definition) is 5. The summed E-state index contributed by atoms with van der Waals surface area (Å²) >= 11 is 0. The Bertz CT molecular complexity index is 1320. The van der Waals surface area contributed by atoms with E-state index in [1.165, 1.54) is 0 Å². The van der Waals surface area contributed by atoms with Crippen molar-refractivity contribution < 1.29 is 24.3 Å². The smallest absolute Gasteiger partial charge is 0.318 e. The van der Waals surface area contributed by atoms with Gasteiger partial charge in [-0.3, -0.25) is 9.59 Å². The van der Waals surface area contributed by atoms with E-state index in [1.54, 1.807) is 9.80 Å². The number of benzene rings is 2. The summed E-state index contributed by atoms with van der Waals surface area (Å²) in [4.78, 5) is 56.4. The topological polar surface area (TPSA) is 143 Å². The molecule has 2 fully saturated rings. The van der Waals surface area contributed by atoms with Gasteiger partial charge in [0.05, 0.1) is 12.1 Å². The number of carbonyl (C=O) groups is 4. The number of aliphatic hydroxyl groups excluding tert-OH is 1. The second-order valence-electron chi connectivity index (χ2n) is 13.4. The summed E-state index contributed by atoms with van der Waals surface area (Å²) in [6, 6.07) is 16.3. The van der Waals surface area contributed by atoms with Gasteiger partial charge in [0.1, 0.15) is 12.1 Å². The molecule has 0 bridgehead atoms. The number of nitrogens with one attached hydrogen (secondary N) is 4. The molecule has 4 rings (SSSR count). The van der Waals surface area contributed by atoms with Gasteiger partial charge in [-0.2, -0.15) is 0 Å². The first-order valence-electron chi connectivity index (χ1n) is 17.0. The Morgan fingerprint density at radius 3 is 1.62 bits per heavy atom. The van der Waals surface area contributed by atoms with Crippen LogP contribution in [0.3, 0.4) is 0 Å². The third-order valence-electron chi connectivity index (χ3n) is 8.99. The minimum Gasteiger partial charge on any atom is -0.391 e. The van der Waals surface area contributed by atoms with Gasteiger partial charge >= 0.3 is 12.1 Å². The third kappa shape index (κ3) is 9.93. The molecule has 5 atom stereocenters. The van der Waals surface area contributed by atoms with Gasteiger partial charge in [-0.25, -0.2) is 9.59 Å². The minimum atomic E-state index is -1.04. The van der Waals surface area contributed by atoms with E-state index in [9.17, 15) is 24.3 Å². The Kier molecular flexibility index (Phi) is 13.0. The molecule has 2 saturated heterocycles. The van der Waals surface area contributed by atoms with Crippen LogP contribution in [0.2, 0.25) is 0 Å². The van der Waals surface area contributed by atoms with Crippen LogP contribution < -0.4 is 21.3 Å². The van der Waals surface area contributed by atoms with Gasteiger partial charge in [-0.15, -0.1) is 0 Å². The number of aliphatic hydroxyl groups is 1. The zero-order chi connectivity index (χ0) is 33.9. The van der Waals surface area contributed by atoms with Crippen LogP contribution >= 0.6 is 0 Å². The molecule has 2 aromatic rings. The molecule has 2 aliphatic heterocycles. The van der Waals surface area contributed by atoms with Crippen molar-refractivity contribution in [2.75, 3.05) is 26.2 Å². The third-order valence-corrected chi connectivity index (χ3v) is 8.99. The monoisotopic (exact) mass is 648 g/mol. The lowest BCUT2D eigenvalue weighted by Crippen LogP contribution is -2.61. The van der Waals surface area contributed by atoms with E-state index in [4.69, 9.17) is 0 Å². The van der Waals surface area contributed by atoms with E-state index in [0.717, 1.165) is 24.0 Å². The quantitative estimate of drug-likeness (QED) is 0.202. The maximum absolute atomic E-state index is 13.9. The number of carbonyl (C=O) groups excluding carboxylic acids is 4. The predicted molar refractivity (Wildman–Crippen MR) is 181 cm³/mol. The zero-order valence-corrected chi connectivity index (χ0v) is 28.2. The molecule has 2 aliphatic rings. The Morgan fingerprint density at radius 2 is 1.17 bits per heavy atom. The van der Waals surface area contributed by atoms with Crippen molar-refractivity contribution in [3.8, 4) is 0 Å². The largest absolute Gasteiger partial charge is 0.391 e. The molecule has 0 radical (unpaired) electrons. The number of nitrogens with zero attached hydrogens (tertiary/aromatic N) is 2. The number of amides is 6. The van der Waals surface area contributed by atoms with Crippen molar-refractivity contribution in [2.45, 2.75) is 90.1 Å². The number of urea groups is 2. The fraction of sp³-hybridized carbons (Fsp3) is 0.556. The van der Waals surface area contributed by atoms with Crippen molar-refractivity contribution in [3.05, 3.63) is 71.8 Å². The normalized spacial score (nSPS) is 18.5. The van der Waals surface area contributed by atoms with E-state index in [1.807, 2.05) is 88.4 Å². The van der Waals surface area contributed by atoms with Gasteiger partial charge < -0.3 is 36.2 Å². The second-order valence-corrected chi connectivity index (χ2v) is 13.4. The first-order valence-corrected chi connectivity index (χ1v) is 17.0. The molecule has 6 amide bonds. The molecule has 47 heavy (non-hydrogen) atoms. The SMILES string of the molecule is CC(C)C(C(=O)N[C@@H](Cc1ccccc1)C[C@H](O)[C@H](Cc1ccccc1)NC(=O)[C@H](C(C)C)N1CCCNC1=O)N1CCCNC1=O. The second kappa shape index (κ2) is 17.2. The molecular formula is C36H52N6O5. The highest BCUT2D eigenvalue weighted by atomic mass is 16.3. The van der Waals surface area contributed by atoms with Crippen LogP contribution in [-0.4, -0.2) is 95.2 Å². The van der Waals surface area contributed by atoms with Gasteiger partial charge in [0.25, 0.3) is 0 Å². The van der Waals surface area contributed by atoms with E-state index in [0.29, 0.717) is 39.0 Å². The molecule has 256 valence electrons. The Labute approximate surface area is 278 Å². The number of hydrogen-bond acceptors (Lipinski definition) is 5. The highest BCUT2D eigenvalue weighted by molar-refractivity contribution is 5.88. The van der Waals surface area contributed by atoms with Crippen LogP contribution in [0.25, 0.3) is 0 Å². The molecule has 2 aromatic carbocycles. The first-order chi connectivity index (χ1) is 22.5. The van der Waals surface area contributed by atoms with Crippen molar-refractivity contribution in [1.82, 2.24) is 31.1 Å². The first kappa shape index (κ1) is 35.7. The molecule has 0 spiro atoms. The van der Waals surface area contributed by atoms with Crippen molar-refractivity contribution >= 4 is 23.9 Å². The lowest BCUT2D eigenvalue weighted by molar-refractivity contribution is -0.130. The summed E-state index contributed by atoms with van der Waals surface area (Å²) < 4.78 is 0. The molecule has 11 nitrogen and oxygen atoms in total. The van der Waals surface area contributed by atoms with E-state index in [2.05, 4.69) is 21.3 Å². The summed E-state index contributed by atoms with van der Waals surface area (Å²) in [7, 11) is 0. The van der Waals surface area contributed by atoms with Crippen molar-refractivity contribution in [3.63, 3.8) is 0 Å². The highest BCUT2D eigenvalue weighted by Crippen LogP contribution is 2.20. The molecule has 5 N–H and O–H groups in total. The molecule has 0 saturated carbocycles. The zero-order valence-electron chi connectivity index (χ0n) is 28.2. The van der Waals surface area contributed by atoms with Gasteiger partial charge in [0.2, 0.25) is 11.8 Å². The summed E-state index contributed by atoms with van der Waals surface area (Å²) in [6.45, 7) is 9.79. The minimum absolute atomic E-state index is 0.133. The molecule has 11 heteroatoms. The molecule has 1 unspecified atom stereocenters. The average Bonchev–Trinajstić information content (AvgIpc) is 3.03. The lowest BCUT2D eigenvalue weighted by Gasteiger charge is -2.38. The molecule has 0 aliphatic carbocycles. The van der Waals surface area contributed by atoms with Crippen LogP contribution in [0.4, 0.5) is 9.59 Å². The van der Waals surface area contributed by atoms with Crippen molar-refractivity contribution in [1.29, 1.82) is 0 Å². The number of rotatable bonds is 15. The molecular weight excluding hydrogens is 596 g/mol.